The molecule has 0 aliphatic carbocycles. The number of nitrogens with one attached hydrogen (secondary N) is 2. The molecule has 6 nitrogen and oxygen atoms in total. The standard InChI is InChI=1S/C17H17BrN2O4S/c1-22-13-8-10(9-14(23-2)15(13)24-3)16(21)20-17(25)19-12-6-4-11(18)5-7-12/h4-9H,1-3H3,(H2,19,20,21,25). The molecular formula is C17H17BrN2O4S. The Labute approximate surface area is 159 Å². The molecule has 0 unspecified atom stereocenters. The fraction of sp³-hybridized carbons (Fsp3) is 0.176. The lowest BCUT2D eigenvalue weighted by Gasteiger charge is -2.14. The van der Waals surface area contributed by atoms with Gasteiger partial charge in [0.1, 0.15) is 0 Å². The van der Waals surface area contributed by atoms with Gasteiger partial charge < -0.3 is 19.5 Å². The Morgan fingerprint density at radius 3 is 2.04 bits per heavy atom. The van der Waals surface area contributed by atoms with Gasteiger partial charge >= 0.3 is 0 Å². The van der Waals surface area contributed by atoms with Gasteiger partial charge in [0.2, 0.25) is 5.75 Å². The summed E-state index contributed by atoms with van der Waals surface area (Å²) in [5.74, 6) is 0.795. The summed E-state index contributed by atoms with van der Waals surface area (Å²) in [6.07, 6.45) is 0. The Morgan fingerprint density at radius 1 is 1.00 bits per heavy atom. The molecule has 132 valence electrons. The first-order chi connectivity index (χ1) is 12.0. The molecule has 2 N–H and O–H groups in total. The summed E-state index contributed by atoms with van der Waals surface area (Å²) in [5.41, 5.74) is 1.09. The van der Waals surface area contributed by atoms with E-state index in [1.807, 2.05) is 24.3 Å². The van der Waals surface area contributed by atoms with Crippen molar-refractivity contribution < 1.29 is 19.0 Å². The topological polar surface area (TPSA) is 68.8 Å². The summed E-state index contributed by atoms with van der Waals surface area (Å²) in [6.45, 7) is 0. The number of carbonyl (C=O) groups is 1. The van der Waals surface area contributed by atoms with Crippen molar-refractivity contribution in [2.75, 3.05) is 26.6 Å². The Bertz CT molecular complexity index is 756. The minimum atomic E-state index is -0.395. The molecule has 0 saturated carbocycles. The van der Waals surface area contributed by atoms with Crippen LogP contribution < -0.4 is 24.8 Å². The van der Waals surface area contributed by atoms with Gasteiger partial charge in [-0.15, -0.1) is 0 Å². The number of anilines is 1. The molecule has 0 aromatic heterocycles. The number of ether oxygens (including phenoxy) is 3. The molecule has 1 amide bonds. The van der Waals surface area contributed by atoms with Crippen molar-refractivity contribution in [2.45, 2.75) is 0 Å². The average Bonchev–Trinajstić information content (AvgIpc) is 2.62. The molecule has 0 aliphatic heterocycles. The third-order valence-corrected chi connectivity index (χ3v) is 3.99. The highest BCUT2D eigenvalue weighted by atomic mass is 79.9. The fourth-order valence-electron chi connectivity index (χ4n) is 2.08. The van der Waals surface area contributed by atoms with Crippen LogP contribution in [0.1, 0.15) is 10.4 Å². The van der Waals surface area contributed by atoms with Crippen molar-refractivity contribution in [1.29, 1.82) is 0 Å². The average molecular weight is 425 g/mol. The van der Waals surface area contributed by atoms with E-state index >= 15 is 0 Å². The normalized spacial score (nSPS) is 9.92. The third-order valence-electron chi connectivity index (χ3n) is 3.26. The fourth-order valence-corrected chi connectivity index (χ4v) is 2.56. The van der Waals surface area contributed by atoms with Crippen molar-refractivity contribution in [3.63, 3.8) is 0 Å². The first-order valence-electron chi connectivity index (χ1n) is 7.16. The lowest BCUT2D eigenvalue weighted by Crippen LogP contribution is -2.34. The number of halogens is 1. The maximum Gasteiger partial charge on any atom is 0.257 e. The van der Waals surface area contributed by atoms with E-state index in [9.17, 15) is 4.79 Å². The molecule has 25 heavy (non-hydrogen) atoms. The van der Waals surface area contributed by atoms with Gasteiger partial charge in [-0.25, -0.2) is 0 Å². The molecule has 0 heterocycles. The first kappa shape index (κ1) is 19.0. The van der Waals surface area contributed by atoms with E-state index in [-0.39, 0.29) is 5.11 Å². The summed E-state index contributed by atoms with van der Waals surface area (Å²) >= 11 is 8.53. The third kappa shape index (κ3) is 4.83. The molecule has 2 rings (SSSR count). The van der Waals surface area contributed by atoms with Crippen molar-refractivity contribution in [2.24, 2.45) is 0 Å². The highest BCUT2D eigenvalue weighted by Gasteiger charge is 2.17. The van der Waals surface area contributed by atoms with Gasteiger partial charge in [0, 0.05) is 15.7 Å². The van der Waals surface area contributed by atoms with Gasteiger partial charge in [0.15, 0.2) is 16.6 Å². The maximum absolute atomic E-state index is 12.4. The number of thiocarbonyl (C=S) groups is 1. The summed E-state index contributed by atoms with van der Waals surface area (Å²) in [4.78, 5) is 12.4. The van der Waals surface area contributed by atoms with E-state index in [2.05, 4.69) is 26.6 Å². The van der Waals surface area contributed by atoms with Crippen LogP contribution in [0.25, 0.3) is 0 Å². The van der Waals surface area contributed by atoms with Crippen LogP contribution in [0.3, 0.4) is 0 Å². The van der Waals surface area contributed by atoms with Gasteiger partial charge in [0.05, 0.1) is 21.3 Å². The molecule has 0 atom stereocenters. The van der Waals surface area contributed by atoms with Crippen LogP contribution >= 0.6 is 28.1 Å². The molecule has 0 bridgehead atoms. The predicted molar refractivity (Wildman–Crippen MR) is 104 cm³/mol. The minimum absolute atomic E-state index is 0.182. The molecule has 0 saturated heterocycles. The Balaban J connectivity index is 2.14. The summed E-state index contributed by atoms with van der Waals surface area (Å²) < 4.78 is 16.7. The summed E-state index contributed by atoms with van der Waals surface area (Å²) in [5, 5.41) is 5.74. The predicted octanol–water partition coefficient (Wildman–Crippen LogP) is 3.60. The number of amides is 1. The first-order valence-corrected chi connectivity index (χ1v) is 8.36. The van der Waals surface area contributed by atoms with E-state index in [1.54, 1.807) is 12.1 Å². The van der Waals surface area contributed by atoms with Gasteiger partial charge in [0.25, 0.3) is 5.91 Å². The van der Waals surface area contributed by atoms with Crippen LogP contribution in [-0.4, -0.2) is 32.3 Å². The highest BCUT2D eigenvalue weighted by Crippen LogP contribution is 2.38. The van der Waals surface area contributed by atoms with Crippen LogP contribution in [0, 0.1) is 0 Å². The molecular weight excluding hydrogens is 408 g/mol. The quantitative estimate of drug-likeness (QED) is 0.714. The van der Waals surface area contributed by atoms with Crippen molar-refractivity contribution in [3.8, 4) is 17.2 Å². The van der Waals surface area contributed by atoms with Crippen LogP contribution in [-0.2, 0) is 0 Å². The number of rotatable bonds is 5. The molecule has 0 fully saturated rings. The zero-order valence-electron chi connectivity index (χ0n) is 13.9. The van der Waals surface area contributed by atoms with Crippen LogP contribution in [0.4, 0.5) is 5.69 Å². The van der Waals surface area contributed by atoms with Gasteiger partial charge in [-0.05, 0) is 48.6 Å². The smallest absolute Gasteiger partial charge is 0.257 e. The minimum Gasteiger partial charge on any atom is -0.493 e. The summed E-state index contributed by atoms with van der Waals surface area (Å²) in [6, 6.07) is 10.5. The maximum atomic E-state index is 12.4. The Hall–Kier alpha value is -2.32. The number of methoxy groups -OCH3 is 3. The number of hydrogen-bond acceptors (Lipinski definition) is 5. The largest absolute Gasteiger partial charge is 0.493 e. The Morgan fingerprint density at radius 2 is 1.56 bits per heavy atom. The molecule has 0 aliphatic rings. The monoisotopic (exact) mass is 424 g/mol. The van der Waals surface area contributed by atoms with Crippen molar-refractivity contribution in [1.82, 2.24) is 5.32 Å². The van der Waals surface area contributed by atoms with Crippen molar-refractivity contribution in [3.05, 3.63) is 46.4 Å². The van der Waals surface area contributed by atoms with Crippen LogP contribution in [0.5, 0.6) is 17.2 Å². The lowest BCUT2D eigenvalue weighted by molar-refractivity contribution is 0.0977. The van der Waals surface area contributed by atoms with E-state index in [0.29, 0.717) is 22.8 Å². The molecule has 2 aromatic carbocycles. The molecule has 0 spiro atoms. The number of carbonyl (C=O) groups excluding carboxylic acids is 1. The van der Waals surface area contributed by atoms with E-state index < -0.39 is 5.91 Å². The zero-order valence-corrected chi connectivity index (χ0v) is 16.3. The van der Waals surface area contributed by atoms with E-state index in [4.69, 9.17) is 26.4 Å². The summed E-state index contributed by atoms with van der Waals surface area (Å²) in [7, 11) is 4.47. The van der Waals surface area contributed by atoms with E-state index in [1.165, 1.54) is 21.3 Å². The highest BCUT2D eigenvalue weighted by molar-refractivity contribution is 9.10. The second-order valence-electron chi connectivity index (χ2n) is 4.83. The second kappa shape index (κ2) is 8.68. The molecule has 8 heteroatoms. The van der Waals surface area contributed by atoms with Gasteiger partial charge in [-0.1, -0.05) is 15.9 Å². The lowest BCUT2D eigenvalue weighted by atomic mass is 10.1. The zero-order chi connectivity index (χ0) is 18.4. The number of benzene rings is 2. The second-order valence-corrected chi connectivity index (χ2v) is 6.15. The number of hydrogen-bond donors (Lipinski definition) is 2. The van der Waals surface area contributed by atoms with Gasteiger partial charge in [-0.2, -0.15) is 0 Å². The Kier molecular flexibility index (Phi) is 6.60. The molecule has 0 radical (unpaired) electrons. The van der Waals surface area contributed by atoms with Crippen LogP contribution in [0.2, 0.25) is 0 Å². The molecule has 2 aromatic rings. The van der Waals surface area contributed by atoms with Crippen LogP contribution in [0.15, 0.2) is 40.9 Å². The SMILES string of the molecule is COc1cc(C(=O)NC(=S)Nc2ccc(Br)cc2)cc(OC)c1OC. The van der Waals surface area contributed by atoms with Gasteiger partial charge in [-0.3, -0.25) is 10.1 Å². The van der Waals surface area contributed by atoms with E-state index in [0.717, 1.165) is 10.2 Å². The van der Waals surface area contributed by atoms with Crippen molar-refractivity contribution >= 4 is 44.9 Å².